The summed E-state index contributed by atoms with van der Waals surface area (Å²) in [5.41, 5.74) is 0. The molecule has 0 bridgehead atoms. The average Bonchev–Trinajstić information content (AvgIpc) is 0.908. The van der Waals surface area contributed by atoms with Gasteiger partial charge in [-0.2, -0.15) is 0 Å². The number of ether oxygens (including phenoxy) is 3. The molecule has 4 N–H and O–H groups in total. The van der Waals surface area contributed by atoms with Gasteiger partial charge in [-0.1, -0.05) is 312 Å². The molecular weight excluding hydrogens is 1390 g/mol. The summed E-state index contributed by atoms with van der Waals surface area (Å²) < 4.78 is 61.2. The number of rotatable bonds is 76. The highest BCUT2D eigenvalue weighted by molar-refractivity contribution is 7.47. The molecule has 0 rings (SSSR count). The Hall–Kier alpha value is -5.35. The molecule has 0 aromatic heterocycles. The lowest BCUT2D eigenvalue weighted by molar-refractivity contribution is -0.161. The van der Waals surface area contributed by atoms with E-state index in [1.54, 1.807) is 0 Å². The van der Waals surface area contributed by atoms with Gasteiger partial charge in [0.05, 0.1) is 26.4 Å². The molecule has 16 nitrogen and oxygen atoms in total. The summed E-state index contributed by atoms with van der Waals surface area (Å²) in [5, 5.41) is 20.7. The van der Waals surface area contributed by atoms with Crippen LogP contribution in [0.15, 0.2) is 182 Å². The van der Waals surface area contributed by atoms with E-state index in [4.69, 9.17) is 32.3 Å². The van der Waals surface area contributed by atoms with Gasteiger partial charge in [-0.05, 0) is 154 Å². The van der Waals surface area contributed by atoms with Crippen LogP contribution in [0, 0.1) is 0 Å². The zero-order valence-electron chi connectivity index (χ0n) is 66.5. The Labute approximate surface area is 649 Å². The third-order valence-electron chi connectivity index (χ3n) is 16.6. The maximum absolute atomic E-state index is 13.0. The van der Waals surface area contributed by atoms with Crippen molar-refractivity contribution in [2.75, 3.05) is 39.6 Å². The summed E-state index contributed by atoms with van der Waals surface area (Å²) in [4.78, 5) is 58.7. The van der Waals surface area contributed by atoms with Gasteiger partial charge in [0.2, 0.25) is 0 Å². The number of hydrogen-bond donors (Lipinski definition) is 4. The largest absolute Gasteiger partial charge is 0.472 e. The van der Waals surface area contributed by atoms with E-state index in [9.17, 15) is 43.5 Å². The Morgan fingerprint density at radius 1 is 0.271 bits per heavy atom. The number of carbonyl (C=O) groups excluding carboxylic acids is 3. The fourth-order valence-corrected chi connectivity index (χ4v) is 12.0. The van der Waals surface area contributed by atoms with Gasteiger partial charge in [0.25, 0.3) is 0 Å². The Kier molecular flexibility index (Phi) is 76.2. The molecule has 0 saturated heterocycles. The lowest BCUT2D eigenvalue weighted by Crippen LogP contribution is -2.30. The van der Waals surface area contributed by atoms with Gasteiger partial charge in [0.15, 0.2) is 6.10 Å². The average molecular weight is 1530 g/mol. The van der Waals surface area contributed by atoms with Crippen LogP contribution in [0.2, 0.25) is 0 Å². The minimum absolute atomic E-state index is 0.0196. The number of aliphatic hydroxyl groups excluding tert-OH is 2. The fourth-order valence-electron chi connectivity index (χ4n) is 10.4. The molecule has 608 valence electrons. The highest BCUT2D eigenvalue weighted by Crippen LogP contribution is 2.45. The smallest absolute Gasteiger partial charge is 0.463 e. The van der Waals surface area contributed by atoms with Crippen molar-refractivity contribution in [1.29, 1.82) is 0 Å². The topological polar surface area (TPSA) is 231 Å². The molecule has 0 aromatic rings. The number of carbonyl (C=O) groups is 3. The van der Waals surface area contributed by atoms with Gasteiger partial charge in [-0.3, -0.25) is 32.5 Å². The van der Waals surface area contributed by atoms with Gasteiger partial charge in [0, 0.05) is 19.3 Å². The summed E-state index contributed by atoms with van der Waals surface area (Å²) in [7, 11) is -9.83. The van der Waals surface area contributed by atoms with Crippen LogP contribution in [-0.4, -0.2) is 95.9 Å². The Morgan fingerprint density at radius 2 is 0.505 bits per heavy atom. The second kappa shape index (κ2) is 80.2. The highest BCUT2D eigenvalue weighted by Gasteiger charge is 2.29. The number of aliphatic hydroxyl groups is 2. The first-order chi connectivity index (χ1) is 52.2. The van der Waals surface area contributed by atoms with E-state index >= 15 is 0 Å². The van der Waals surface area contributed by atoms with Crippen molar-refractivity contribution >= 4 is 33.6 Å². The molecule has 0 aliphatic rings. The molecule has 0 amide bonds. The number of allylic oxidation sites excluding steroid dienone is 30. The van der Waals surface area contributed by atoms with Gasteiger partial charge in [-0.15, -0.1) is 0 Å². The van der Waals surface area contributed by atoms with E-state index in [2.05, 4.69) is 191 Å². The Balaban J connectivity index is 4.66. The number of unbranched alkanes of at least 4 members (excludes halogenated alkanes) is 23. The molecule has 0 heterocycles. The van der Waals surface area contributed by atoms with E-state index in [0.717, 1.165) is 154 Å². The number of phosphoric acid groups is 2. The summed E-state index contributed by atoms with van der Waals surface area (Å²) in [6.07, 6.45) is 104. The second-order valence-corrected chi connectivity index (χ2v) is 29.7. The normalized spacial score (nSPS) is 14.9. The van der Waals surface area contributed by atoms with Crippen molar-refractivity contribution in [3.05, 3.63) is 182 Å². The second-order valence-electron chi connectivity index (χ2n) is 26.8. The molecule has 5 unspecified atom stereocenters. The Bertz CT molecular complexity index is 2670. The molecule has 18 heteroatoms. The van der Waals surface area contributed by atoms with Crippen LogP contribution in [0.5, 0.6) is 0 Å². The summed E-state index contributed by atoms with van der Waals surface area (Å²) in [6.45, 7) is 2.34. The van der Waals surface area contributed by atoms with Crippen molar-refractivity contribution in [2.45, 2.75) is 322 Å². The number of esters is 3. The molecule has 0 fully saturated rings. The van der Waals surface area contributed by atoms with Crippen LogP contribution in [0.4, 0.5) is 0 Å². The zero-order valence-corrected chi connectivity index (χ0v) is 68.3. The van der Waals surface area contributed by atoms with Crippen LogP contribution in [-0.2, 0) is 55.8 Å². The first kappa shape index (κ1) is 102. The molecule has 0 aliphatic heterocycles. The molecule has 0 aliphatic carbocycles. The van der Waals surface area contributed by atoms with Crippen LogP contribution in [0.1, 0.15) is 303 Å². The molecule has 0 aromatic carbocycles. The van der Waals surface area contributed by atoms with E-state index in [-0.39, 0.29) is 19.3 Å². The molecule has 0 saturated carbocycles. The monoisotopic (exact) mass is 1530 g/mol. The highest BCUT2D eigenvalue weighted by atomic mass is 31.2. The number of hydrogen-bond acceptors (Lipinski definition) is 14. The third kappa shape index (κ3) is 81.5. The van der Waals surface area contributed by atoms with Crippen LogP contribution < -0.4 is 0 Å². The van der Waals surface area contributed by atoms with Crippen LogP contribution in [0.25, 0.3) is 0 Å². The lowest BCUT2D eigenvalue weighted by atomic mass is 10.0. The maximum Gasteiger partial charge on any atom is 0.472 e. The lowest BCUT2D eigenvalue weighted by Gasteiger charge is -2.21. The third-order valence-corrected chi connectivity index (χ3v) is 18.5. The first-order valence-corrected chi connectivity index (χ1v) is 44.1. The van der Waals surface area contributed by atoms with Crippen LogP contribution in [0.3, 0.4) is 0 Å². The Morgan fingerprint density at radius 3 is 0.813 bits per heavy atom. The van der Waals surface area contributed by atoms with Gasteiger partial charge < -0.3 is 34.2 Å². The van der Waals surface area contributed by atoms with E-state index < -0.39 is 91.5 Å². The minimum atomic E-state index is -4.96. The maximum atomic E-state index is 13.0. The number of phosphoric ester groups is 2. The summed E-state index contributed by atoms with van der Waals surface area (Å²) in [6, 6.07) is 0. The molecular formula is C89H146O16P2. The standard InChI is InChI=1S/C89H146O16P2/c1-4-7-10-13-16-19-22-25-28-31-33-35-37-39-41-43-45-47-49-52-54-57-60-63-66-69-72-75-87(92)99-78-84(90)79-101-106(95,96)102-80-85(91)81-103-107(97,98)104-83-86(105-89(94)77-74-71-68-65-62-59-56-51-30-27-24-21-18-15-12-9-6-3)82-100-88(93)76-73-70-67-64-61-58-55-53-50-48-46-44-42-40-38-36-34-32-29-26-23-20-17-14-11-8-5-2/h7,9-10,12,16-21,25-30,33-36,39-42,45,47,56,59,65,68,84-86,90-91H,4-6,8,11,13-15,22-24,31-32,37-38,43-44,46,48-55,57-58,60-64,66-67,69-83H2,1-3H3,(H,95,96)(H,97,98)/b10-7-,12-9-,19-16-,20-17-,21-18-,28-25-,29-26-,30-27-,35-33-,36-34-,41-39-,42-40-,47-45-,59-56-,68-65-. The van der Waals surface area contributed by atoms with E-state index in [1.165, 1.54) is 83.5 Å². The minimum Gasteiger partial charge on any atom is -0.463 e. The predicted molar refractivity (Wildman–Crippen MR) is 445 cm³/mol. The summed E-state index contributed by atoms with van der Waals surface area (Å²) in [5.74, 6) is -1.66. The van der Waals surface area contributed by atoms with Crippen LogP contribution >= 0.6 is 15.6 Å². The molecule has 0 radical (unpaired) electrons. The van der Waals surface area contributed by atoms with Crippen molar-refractivity contribution in [1.82, 2.24) is 0 Å². The van der Waals surface area contributed by atoms with Gasteiger partial charge in [0.1, 0.15) is 25.4 Å². The molecule has 107 heavy (non-hydrogen) atoms. The van der Waals surface area contributed by atoms with Crippen molar-refractivity contribution < 1.29 is 75.8 Å². The van der Waals surface area contributed by atoms with Crippen molar-refractivity contribution in [3.63, 3.8) is 0 Å². The van der Waals surface area contributed by atoms with E-state index in [1.807, 2.05) is 12.2 Å². The zero-order chi connectivity index (χ0) is 78.0. The first-order valence-electron chi connectivity index (χ1n) is 41.1. The summed E-state index contributed by atoms with van der Waals surface area (Å²) >= 11 is 0. The van der Waals surface area contributed by atoms with E-state index in [0.29, 0.717) is 25.7 Å². The SMILES string of the molecule is CC/C=C\C/C=C\C/C=C\C/C=C\C/C=C\C/C=C\CCCCCCCCCCC(=O)OCC(O)COP(=O)(O)OCC(O)COP(=O)(O)OCC(COC(=O)CCCCCCCCCCCCC/C=C\C/C=C\C/C=C\C/C=C\CCCCC)OC(=O)CCC/C=C\C/C=C\C/C=C\C/C=C\C/C=C\CC. The van der Waals surface area contributed by atoms with Gasteiger partial charge in [-0.25, -0.2) is 9.13 Å². The quantitative estimate of drug-likeness (QED) is 0.0146. The fraction of sp³-hybridized carbons (Fsp3) is 0.629. The predicted octanol–water partition coefficient (Wildman–Crippen LogP) is 24.5. The van der Waals surface area contributed by atoms with Crippen molar-refractivity contribution in [2.24, 2.45) is 0 Å². The van der Waals surface area contributed by atoms with Crippen molar-refractivity contribution in [3.8, 4) is 0 Å². The van der Waals surface area contributed by atoms with Gasteiger partial charge >= 0.3 is 33.6 Å². The molecule has 5 atom stereocenters. The molecule has 0 spiro atoms.